The van der Waals surface area contributed by atoms with Crippen LogP contribution in [0.5, 0.6) is 0 Å². The van der Waals surface area contributed by atoms with Gasteiger partial charge < -0.3 is 20.6 Å². The smallest absolute Gasteiger partial charge is 0.404 e. The third-order valence-electron chi connectivity index (χ3n) is 5.86. The van der Waals surface area contributed by atoms with Gasteiger partial charge in [-0.3, -0.25) is 0 Å². The summed E-state index contributed by atoms with van der Waals surface area (Å²) in [5.74, 6) is 0.354. The van der Waals surface area contributed by atoms with Crippen molar-refractivity contribution in [2.45, 2.75) is 64.6 Å². The van der Waals surface area contributed by atoms with Gasteiger partial charge in [0.25, 0.3) is 8.32 Å². The maximum Gasteiger partial charge on any atom is 0.404 e. The molecule has 2 aromatic carbocycles. The van der Waals surface area contributed by atoms with E-state index in [-0.39, 0.29) is 17.7 Å². The van der Waals surface area contributed by atoms with Gasteiger partial charge in [0.2, 0.25) is 0 Å². The van der Waals surface area contributed by atoms with Gasteiger partial charge in [-0.2, -0.15) is 0 Å². The lowest BCUT2D eigenvalue weighted by Gasteiger charge is -2.43. The van der Waals surface area contributed by atoms with E-state index in [0.717, 1.165) is 6.42 Å². The minimum Gasteiger partial charge on any atom is -0.444 e. The molecule has 0 bridgehead atoms. The predicted octanol–water partition coefficient (Wildman–Crippen LogP) is 3.79. The fourth-order valence-corrected chi connectivity index (χ4v) is 8.62. The zero-order chi connectivity index (χ0) is 23.1. The first-order valence-corrected chi connectivity index (χ1v) is 13.0. The predicted molar refractivity (Wildman–Crippen MR) is 130 cm³/mol. The molecule has 0 saturated carbocycles. The summed E-state index contributed by atoms with van der Waals surface area (Å²) in [6.07, 6.45) is 0.123. The van der Waals surface area contributed by atoms with Gasteiger partial charge in [-0.1, -0.05) is 95.3 Å². The highest BCUT2D eigenvalue weighted by Gasteiger charge is 2.50. The second-order valence-corrected chi connectivity index (χ2v) is 13.8. The maximum absolute atomic E-state index is 11.6. The molecular weight excluding hydrogens is 404 g/mol. The van der Waals surface area contributed by atoms with Gasteiger partial charge in [0.1, 0.15) is 6.10 Å². The van der Waals surface area contributed by atoms with Gasteiger partial charge in [-0.25, -0.2) is 4.79 Å². The van der Waals surface area contributed by atoms with Crippen LogP contribution in [-0.2, 0) is 9.16 Å². The molecule has 0 aliphatic heterocycles. The summed E-state index contributed by atoms with van der Waals surface area (Å²) in [5.41, 5.74) is 11.6. The average molecular weight is 443 g/mol. The number of ether oxygens (including phenoxy) is 1. The van der Waals surface area contributed by atoms with Gasteiger partial charge in [0.05, 0.1) is 6.61 Å². The van der Waals surface area contributed by atoms with E-state index >= 15 is 0 Å². The van der Waals surface area contributed by atoms with E-state index in [1.165, 1.54) is 10.4 Å². The largest absolute Gasteiger partial charge is 0.444 e. The second-order valence-electron chi connectivity index (χ2n) is 9.52. The highest BCUT2D eigenvalue weighted by Crippen LogP contribution is 2.37. The van der Waals surface area contributed by atoms with Crippen LogP contribution in [0.25, 0.3) is 0 Å². The summed E-state index contributed by atoms with van der Waals surface area (Å²) in [6, 6.07) is 20.8. The number of rotatable bonds is 10. The molecule has 31 heavy (non-hydrogen) atoms. The second kappa shape index (κ2) is 10.9. The van der Waals surface area contributed by atoms with Crippen molar-refractivity contribution in [2.24, 2.45) is 17.4 Å². The molecule has 4 N–H and O–H groups in total. The first-order valence-electron chi connectivity index (χ1n) is 11.0. The molecule has 2 rings (SSSR count). The SMILES string of the molecule is CC(C)C(N)CCC(CO[Si](c1ccccc1)(c1ccccc1)C(C)(C)C)OC(N)=O. The van der Waals surface area contributed by atoms with Crippen molar-refractivity contribution in [3.63, 3.8) is 0 Å². The average Bonchev–Trinajstić information content (AvgIpc) is 2.72. The monoisotopic (exact) mass is 442 g/mol. The van der Waals surface area contributed by atoms with Gasteiger partial charge in [0, 0.05) is 6.04 Å². The molecule has 170 valence electrons. The Labute approximate surface area is 188 Å². The summed E-state index contributed by atoms with van der Waals surface area (Å²) in [4.78, 5) is 11.6. The molecule has 0 aromatic heterocycles. The van der Waals surface area contributed by atoms with E-state index in [1.54, 1.807) is 0 Å². The first-order chi connectivity index (χ1) is 14.6. The number of nitrogens with two attached hydrogens (primary N) is 2. The van der Waals surface area contributed by atoms with Crippen molar-refractivity contribution in [3.8, 4) is 0 Å². The standard InChI is InChI=1S/C25H38N2O3Si/c1-19(2)23(26)17-16-20(30-24(27)28)18-29-31(25(3,4)5,21-12-8-6-9-13-21)22-14-10-7-11-15-22/h6-15,19-20,23H,16-18,26H2,1-5H3,(H2,27,28). The van der Waals surface area contributed by atoms with Crippen molar-refractivity contribution in [1.29, 1.82) is 0 Å². The number of amides is 1. The molecule has 0 spiro atoms. The van der Waals surface area contributed by atoms with E-state index < -0.39 is 20.5 Å². The van der Waals surface area contributed by atoms with Crippen LogP contribution in [0.1, 0.15) is 47.5 Å². The van der Waals surface area contributed by atoms with Crippen molar-refractivity contribution < 1.29 is 14.0 Å². The van der Waals surface area contributed by atoms with Gasteiger partial charge >= 0.3 is 6.09 Å². The summed E-state index contributed by atoms with van der Waals surface area (Å²) in [7, 11) is -2.70. The molecule has 0 aliphatic rings. The summed E-state index contributed by atoms with van der Waals surface area (Å²) < 4.78 is 12.3. The van der Waals surface area contributed by atoms with Crippen LogP contribution in [0.15, 0.2) is 60.7 Å². The Hall–Kier alpha value is -2.15. The molecule has 2 atom stereocenters. The number of carbonyl (C=O) groups excluding carboxylic acids is 1. The molecule has 0 aliphatic carbocycles. The number of primary amides is 1. The number of carbonyl (C=O) groups is 1. The van der Waals surface area contributed by atoms with Crippen LogP contribution in [0.4, 0.5) is 4.79 Å². The van der Waals surface area contributed by atoms with Crippen molar-refractivity contribution in [1.82, 2.24) is 0 Å². The lowest BCUT2D eigenvalue weighted by molar-refractivity contribution is 0.0603. The van der Waals surface area contributed by atoms with Crippen LogP contribution in [-0.4, -0.2) is 33.2 Å². The fraction of sp³-hybridized carbons (Fsp3) is 0.480. The minimum atomic E-state index is -2.70. The van der Waals surface area contributed by atoms with E-state index in [0.29, 0.717) is 12.3 Å². The van der Waals surface area contributed by atoms with Crippen molar-refractivity contribution in [3.05, 3.63) is 60.7 Å². The highest BCUT2D eigenvalue weighted by molar-refractivity contribution is 6.99. The number of benzene rings is 2. The van der Waals surface area contributed by atoms with Crippen molar-refractivity contribution >= 4 is 24.8 Å². The summed E-state index contributed by atoms with van der Waals surface area (Å²) in [5, 5.41) is 2.22. The van der Waals surface area contributed by atoms with Crippen molar-refractivity contribution in [2.75, 3.05) is 6.61 Å². The molecular formula is C25H38N2O3Si. The van der Waals surface area contributed by atoms with Crippen LogP contribution >= 0.6 is 0 Å². The minimum absolute atomic E-state index is 0.0341. The van der Waals surface area contributed by atoms with E-state index in [9.17, 15) is 4.79 Å². The molecule has 0 heterocycles. The van der Waals surface area contributed by atoms with Gasteiger partial charge in [-0.15, -0.1) is 0 Å². The zero-order valence-corrected chi connectivity index (χ0v) is 20.5. The molecule has 6 heteroatoms. The molecule has 1 amide bonds. The quantitative estimate of drug-likeness (QED) is 0.548. The fourth-order valence-electron chi connectivity index (χ4n) is 4.03. The zero-order valence-electron chi connectivity index (χ0n) is 19.5. The summed E-state index contributed by atoms with van der Waals surface area (Å²) >= 11 is 0. The number of hydrogen-bond donors (Lipinski definition) is 2. The molecule has 0 radical (unpaired) electrons. The van der Waals surface area contributed by atoms with Crippen LogP contribution in [0.3, 0.4) is 0 Å². The van der Waals surface area contributed by atoms with Gasteiger partial charge in [-0.05, 0) is 34.2 Å². The lowest BCUT2D eigenvalue weighted by atomic mass is 9.99. The van der Waals surface area contributed by atoms with Crippen LogP contribution in [0, 0.1) is 5.92 Å². The van der Waals surface area contributed by atoms with E-state index in [4.69, 9.17) is 20.6 Å². The summed E-state index contributed by atoms with van der Waals surface area (Å²) in [6.45, 7) is 11.1. The molecule has 2 unspecified atom stereocenters. The topological polar surface area (TPSA) is 87.6 Å². The Morgan fingerprint density at radius 2 is 1.42 bits per heavy atom. The Bertz CT molecular complexity index is 767. The molecule has 5 nitrogen and oxygen atoms in total. The third kappa shape index (κ3) is 6.42. The Morgan fingerprint density at radius 3 is 1.81 bits per heavy atom. The van der Waals surface area contributed by atoms with Gasteiger partial charge in [0.15, 0.2) is 0 Å². The van der Waals surface area contributed by atoms with E-state index in [1.807, 2.05) is 36.4 Å². The normalized spacial score (nSPS) is 14.3. The molecule has 0 saturated heterocycles. The lowest BCUT2D eigenvalue weighted by Crippen LogP contribution is -2.67. The Balaban J connectivity index is 2.41. The molecule has 2 aromatic rings. The van der Waals surface area contributed by atoms with Crippen LogP contribution in [0.2, 0.25) is 5.04 Å². The third-order valence-corrected chi connectivity index (χ3v) is 10.9. The Morgan fingerprint density at radius 1 is 0.935 bits per heavy atom. The first kappa shape index (κ1) is 25.1. The molecule has 0 fully saturated rings. The number of hydrogen-bond acceptors (Lipinski definition) is 4. The Kier molecular flexibility index (Phi) is 8.86. The van der Waals surface area contributed by atoms with Crippen LogP contribution < -0.4 is 21.8 Å². The van der Waals surface area contributed by atoms with E-state index in [2.05, 4.69) is 58.9 Å². The maximum atomic E-state index is 11.6. The highest BCUT2D eigenvalue weighted by atomic mass is 28.4.